The molecule has 4 heteroatoms. The molecule has 0 bridgehead atoms. The zero-order chi connectivity index (χ0) is 15.5. The molecule has 0 aliphatic heterocycles. The van der Waals surface area contributed by atoms with Gasteiger partial charge in [0, 0.05) is 18.1 Å². The minimum absolute atomic E-state index is 0.245. The minimum atomic E-state index is -0.495. The Bertz CT molecular complexity index is 627. The number of nitrogens with two attached hydrogens (primary N) is 1. The lowest BCUT2D eigenvalue weighted by Gasteiger charge is -2.23. The van der Waals surface area contributed by atoms with Gasteiger partial charge in [-0.3, -0.25) is 9.78 Å². The summed E-state index contributed by atoms with van der Waals surface area (Å²) in [4.78, 5) is 16.5. The largest absolute Gasteiger partial charge is 0.460 e. The predicted octanol–water partition coefficient (Wildman–Crippen LogP) is 2.69. The molecule has 2 aromatic rings. The van der Waals surface area contributed by atoms with Crippen molar-refractivity contribution in [1.29, 1.82) is 0 Å². The number of pyridine rings is 1. The summed E-state index contributed by atoms with van der Waals surface area (Å²) >= 11 is 0. The van der Waals surface area contributed by atoms with Gasteiger partial charge in [0.2, 0.25) is 0 Å². The maximum atomic E-state index is 12.2. The van der Waals surface area contributed by atoms with Crippen molar-refractivity contribution in [2.45, 2.75) is 32.8 Å². The van der Waals surface area contributed by atoms with E-state index in [0.717, 1.165) is 16.5 Å². The van der Waals surface area contributed by atoms with Crippen LogP contribution in [0, 0.1) is 5.92 Å². The first-order valence-corrected chi connectivity index (χ1v) is 7.16. The van der Waals surface area contributed by atoms with Gasteiger partial charge in [0.25, 0.3) is 0 Å². The van der Waals surface area contributed by atoms with Crippen molar-refractivity contribution in [3.05, 3.63) is 42.1 Å². The molecule has 0 radical (unpaired) electrons. The Morgan fingerprint density at radius 3 is 2.67 bits per heavy atom. The number of fused-ring (bicyclic) bond motifs is 1. The summed E-state index contributed by atoms with van der Waals surface area (Å²) in [6, 6.07) is 9.84. The van der Waals surface area contributed by atoms with E-state index in [-0.39, 0.29) is 18.4 Å². The van der Waals surface area contributed by atoms with E-state index >= 15 is 0 Å². The van der Waals surface area contributed by atoms with Crippen molar-refractivity contribution >= 4 is 16.9 Å². The number of nitrogens with zero attached hydrogens (tertiary/aromatic N) is 1. The third kappa shape index (κ3) is 4.02. The number of hydrogen-bond acceptors (Lipinski definition) is 4. The van der Waals surface area contributed by atoms with Crippen LogP contribution in [0.4, 0.5) is 0 Å². The molecule has 0 aliphatic carbocycles. The Labute approximate surface area is 125 Å². The van der Waals surface area contributed by atoms with Crippen LogP contribution >= 0.6 is 0 Å². The van der Waals surface area contributed by atoms with Crippen molar-refractivity contribution < 1.29 is 9.53 Å². The fourth-order valence-corrected chi connectivity index (χ4v) is 2.25. The van der Waals surface area contributed by atoms with Crippen LogP contribution in [0.3, 0.4) is 0 Å². The Balaban J connectivity index is 2.23. The number of esters is 1. The first-order valence-electron chi connectivity index (χ1n) is 7.16. The van der Waals surface area contributed by atoms with Crippen LogP contribution in [0.5, 0.6) is 0 Å². The molecule has 0 saturated heterocycles. The van der Waals surface area contributed by atoms with Crippen molar-refractivity contribution in [1.82, 2.24) is 4.98 Å². The molecule has 1 atom stereocenters. The number of ether oxygens (including phenoxy) is 1. The Morgan fingerprint density at radius 2 is 2.00 bits per heavy atom. The van der Waals surface area contributed by atoms with Gasteiger partial charge in [-0.15, -0.1) is 0 Å². The van der Waals surface area contributed by atoms with Gasteiger partial charge in [-0.1, -0.05) is 18.2 Å². The van der Waals surface area contributed by atoms with E-state index in [4.69, 9.17) is 10.5 Å². The first kappa shape index (κ1) is 15.4. The van der Waals surface area contributed by atoms with Crippen LogP contribution in [0.15, 0.2) is 36.5 Å². The first-order chi connectivity index (χ1) is 9.90. The normalized spacial score (nSPS) is 13.1. The second-order valence-electron chi connectivity index (χ2n) is 6.16. The minimum Gasteiger partial charge on any atom is -0.460 e. The average Bonchev–Trinajstić information content (AvgIpc) is 2.42. The fourth-order valence-electron chi connectivity index (χ4n) is 2.25. The fraction of sp³-hybridized carbons (Fsp3) is 0.412. The molecule has 1 aromatic carbocycles. The van der Waals surface area contributed by atoms with Gasteiger partial charge in [-0.05, 0) is 44.9 Å². The van der Waals surface area contributed by atoms with Crippen molar-refractivity contribution in [3.63, 3.8) is 0 Å². The van der Waals surface area contributed by atoms with Crippen molar-refractivity contribution in [2.75, 3.05) is 6.54 Å². The van der Waals surface area contributed by atoms with Gasteiger partial charge in [0.1, 0.15) is 5.60 Å². The average molecular weight is 286 g/mol. The molecule has 4 nitrogen and oxygen atoms in total. The molecule has 1 aromatic heterocycles. The van der Waals surface area contributed by atoms with Crippen LogP contribution in [-0.2, 0) is 16.0 Å². The van der Waals surface area contributed by atoms with Gasteiger partial charge in [-0.2, -0.15) is 0 Å². The van der Waals surface area contributed by atoms with Crippen molar-refractivity contribution in [2.24, 2.45) is 11.7 Å². The van der Waals surface area contributed by atoms with Crippen LogP contribution in [0.1, 0.15) is 26.3 Å². The summed E-state index contributed by atoms with van der Waals surface area (Å²) in [5, 5.41) is 1.06. The van der Waals surface area contributed by atoms with E-state index in [9.17, 15) is 4.79 Å². The highest BCUT2D eigenvalue weighted by Crippen LogP contribution is 2.21. The maximum absolute atomic E-state index is 12.2. The zero-order valence-electron chi connectivity index (χ0n) is 12.8. The van der Waals surface area contributed by atoms with Gasteiger partial charge >= 0.3 is 5.97 Å². The lowest BCUT2D eigenvalue weighted by Crippen LogP contribution is -2.33. The number of benzene rings is 1. The maximum Gasteiger partial charge on any atom is 0.311 e. The SMILES string of the molecule is CC(C)(C)OC(=O)C(CN)Cc1ccnc2ccccc12. The van der Waals surface area contributed by atoms with E-state index in [1.807, 2.05) is 51.1 Å². The van der Waals surface area contributed by atoms with Crippen LogP contribution in [0.2, 0.25) is 0 Å². The highest BCUT2D eigenvalue weighted by molar-refractivity contribution is 5.83. The molecular weight excluding hydrogens is 264 g/mol. The molecule has 0 saturated carbocycles. The van der Waals surface area contributed by atoms with Gasteiger partial charge in [-0.25, -0.2) is 0 Å². The molecule has 1 heterocycles. The molecule has 0 fully saturated rings. The third-order valence-electron chi connectivity index (χ3n) is 3.23. The van der Waals surface area contributed by atoms with Gasteiger partial charge in [0.15, 0.2) is 0 Å². The van der Waals surface area contributed by atoms with Crippen LogP contribution in [0.25, 0.3) is 10.9 Å². The van der Waals surface area contributed by atoms with E-state index < -0.39 is 5.60 Å². The summed E-state index contributed by atoms with van der Waals surface area (Å²) in [6.45, 7) is 5.85. The number of carbonyl (C=O) groups is 1. The number of hydrogen-bond donors (Lipinski definition) is 1. The predicted molar refractivity (Wildman–Crippen MR) is 83.8 cm³/mol. The second-order valence-corrected chi connectivity index (χ2v) is 6.16. The quantitative estimate of drug-likeness (QED) is 0.878. The number of aromatic nitrogens is 1. The third-order valence-corrected chi connectivity index (χ3v) is 3.23. The Morgan fingerprint density at radius 1 is 1.29 bits per heavy atom. The number of para-hydroxylation sites is 1. The second kappa shape index (κ2) is 6.22. The summed E-state index contributed by atoms with van der Waals surface area (Å²) in [5.74, 6) is -0.582. The summed E-state index contributed by atoms with van der Waals surface area (Å²) in [5.41, 5.74) is 7.27. The molecule has 112 valence electrons. The summed E-state index contributed by atoms with van der Waals surface area (Å²) in [6.07, 6.45) is 2.33. The highest BCUT2D eigenvalue weighted by atomic mass is 16.6. The van der Waals surface area contributed by atoms with Crippen LogP contribution in [-0.4, -0.2) is 23.1 Å². The lowest BCUT2D eigenvalue weighted by atomic mass is 9.96. The molecular formula is C17H22N2O2. The van der Waals surface area contributed by atoms with Crippen LogP contribution < -0.4 is 5.73 Å². The summed E-state index contributed by atoms with van der Waals surface area (Å²) < 4.78 is 5.44. The number of rotatable bonds is 4. The van der Waals surface area contributed by atoms with E-state index in [1.165, 1.54) is 0 Å². The zero-order valence-corrected chi connectivity index (χ0v) is 12.8. The topological polar surface area (TPSA) is 65.2 Å². The van der Waals surface area contributed by atoms with E-state index in [2.05, 4.69) is 4.98 Å². The summed E-state index contributed by atoms with van der Waals surface area (Å²) in [7, 11) is 0. The molecule has 2 N–H and O–H groups in total. The molecule has 0 aliphatic rings. The number of carbonyl (C=O) groups excluding carboxylic acids is 1. The Kier molecular flexibility index (Phi) is 4.58. The highest BCUT2D eigenvalue weighted by Gasteiger charge is 2.24. The molecule has 0 spiro atoms. The molecule has 2 rings (SSSR count). The Hall–Kier alpha value is -1.94. The monoisotopic (exact) mass is 286 g/mol. The molecule has 0 amide bonds. The van der Waals surface area contributed by atoms with Crippen molar-refractivity contribution in [3.8, 4) is 0 Å². The van der Waals surface area contributed by atoms with Gasteiger partial charge < -0.3 is 10.5 Å². The molecule has 1 unspecified atom stereocenters. The van der Waals surface area contributed by atoms with E-state index in [0.29, 0.717) is 6.42 Å². The lowest BCUT2D eigenvalue weighted by molar-refractivity contribution is -0.159. The van der Waals surface area contributed by atoms with Gasteiger partial charge in [0.05, 0.1) is 11.4 Å². The molecule has 21 heavy (non-hydrogen) atoms. The van der Waals surface area contributed by atoms with E-state index in [1.54, 1.807) is 6.20 Å². The smallest absolute Gasteiger partial charge is 0.311 e. The standard InChI is InChI=1S/C17H22N2O2/c1-17(2,3)21-16(20)13(11-18)10-12-8-9-19-15-7-5-4-6-14(12)15/h4-9,13H,10-11,18H2,1-3H3.